The molecule has 1 atom stereocenters. The second kappa shape index (κ2) is 5.92. The van der Waals surface area contributed by atoms with Gasteiger partial charge in [0.1, 0.15) is 16.9 Å². The number of nitrogens with one attached hydrogen (secondary N) is 2. The number of benzene rings is 1. The van der Waals surface area contributed by atoms with E-state index in [4.69, 9.17) is 4.63 Å². The molecule has 1 aliphatic heterocycles. The number of fused-ring (bicyclic) bond motifs is 2. The van der Waals surface area contributed by atoms with Crippen molar-refractivity contribution in [1.82, 2.24) is 25.1 Å². The van der Waals surface area contributed by atoms with Gasteiger partial charge in [0.05, 0.1) is 29.5 Å². The fraction of sp³-hybridized carbons (Fsp3) is 0.105. The second-order valence-corrected chi connectivity index (χ2v) is 6.50. The Kier molecular flexibility index (Phi) is 3.39. The van der Waals surface area contributed by atoms with Gasteiger partial charge in [0.25, 0.3) is 5.56 Å². The zero-order valence-corrected chi connectivity index (χ0v) is 14.7. The molecule has 1 unspecified atom stereocenters. The molecule has 1 aliphatic rings. The maximum absolute atomic E-state index is 12.1. The first-order valence-electron chi connectivity index (χ1n) is 8.50. The molecule has 0 fully saturated rings. The topological polar surface area (TPSA) is 125 Å². The minimum Gasteiger partial charge on any atom is -0.339 e. The number of rotatable bonds is 2. The number of aryl methyl sites for hydroxylation is 1. The molecule has 0 amide bonds. The highest BCUT2D eigenvalue weighted by molar-refractivity contribution is 5.89. The number of nitrogens with zero attached hydrogens (tertiary/aromatic N) is 5. The van der Waals surface area contributed by atoms with Crippen molar-refractivity contribution in [3.63, 3.8) is 0 Å². The van der Waals surface area contributed by atoms with Crippen LogP contribution in [-0.2, 0) is 7.05 Å². The van der Waals surface area contributed by atoms with Gasteiger partial charge >= 0.3 is 0 Å². The Labute approximate surface area is 157 Å². The second-order valence-electron chi connectivity index (χ2n) is 6.50. The number of nitriles is 1. The molecule has 9 heteroatoms. The van der Waals surface area contributed by atoms with Gasteiger partial charge in [0.2, 0.25) is 0 Å². The number of aromatic nitrogens is 5. The average Bonchev–Trinajstić information content (AvgIpc) is 3.37. The maximum Gasteiger partial charge on any atom is 0.250 e. The fourth-order valence-electron chi connectivity index (χ4n) is 3.54. The minimum atomic E-state index is -0.436. The van der Waals surface area contributed by atoms with Gasteiger partial charge in [0, 0.05) is 30.4 Å². The summed E-state index contributed by atoms with van der Waals surface area (Å²) >= 11 is 0. The van der Waals surface area contributed by atoms with E-state index in [2.05, 4.69) is 31.9 Å². The fourth-order valence-corrected chi connectivity index (χ4v) is 3.54. The van der Waals surface area contributed by atoms with E-state index in [1.165, 1.54) is 10.6 Å². The maximum atomic E-state index is 12.1. The summed E-state index contributed by atoms with van der Waals surface area (Å²) in [7, 11) is 1.67. The minimum absolute atomic E-state index is 0.168. The zero-order chi connectivity index (χ0) is 19.3. The average molecular weight is 371 g/mol. The molecule has 136 valence electrons. The normalized spacial score (nSPS) is 15.9. The van der Waals surface area contributed by atoms with E-state index < -0.39 is 5.92 Å². The van der Waals surface area contributed by atoms with Crippen molar-refractivity contribution in [2.24, 2.45) is 7.05 Å². The van der Waals surface area contributed by atoms with Crippen molar-refractivity contribution < 1.29 is 4.63 Å². The highest BCUT2D eigenvalue weighted by Gasteiger charge is 2.33. The molecule has 0 radical (unpaired) electrons. The van der Waals surface area contributed by atoms with E-state index in [1.807, 2.05) is 12.1 Å². The first-order valence-corrected chi connectivity index (χ1v) is 8.50. The molecule has 0 aliphatic carbocycles. The van der Waals surface area contributed by atoms with Crippen LogP contribution in [0, 0.1) is 11.3 Å². The zero-order valence-electron chi connectivity index (χ0n) is 14.7. The first kappa shape index (κ1) is 16.0. The summed E-state index contributed by atoms with van der Waals surface area (Å²) in [6.07, 6.45) is 3.35. The number of hydrogen-bond acceptors (Lipinski definition) is 7. The molecule has 1 aromatic carbocycles. The van der Waals surface area contributed by atoms with Crippen molar-refractivity contribution in [2.45, 2.75) is 5.92 Å². The van der Waals surface area contributed by atoms with E-state index in [-0.39, 0.29) is 5.56 Å². The molecule has 5 rings (SSSR count). The van der Waals surface area contributed by atoms with Crippen LogP contribution in [0.15, 0.2) is 57.7 Å². The van der Waals surface area contributed by atoms with Crippen LogP contribution in [0.1, 0.15) is 22.6 Å². The summed E-state index contributed by atoms with van der Waals surface area (Å²) < 4.78 is 6.37. The van der Waals surface area contributed by atoms with Crippen LogP contribution in [0.5, 0.6) is 0 Å². The molecule has 2 N–H and O–H groups in total. The van der Waals surface area contributed by atoms with Gasteiger partial charge in [-0.2, -0.15) is 10.4 Å². The third kappa shape index (κ3) is 2.25. The lowest BCUT2D eigenvalue weighted by Crippen LogP contribution is -2.20. The summed E-state index contributed by atoms with van der Waals surface area (Å²) in [6.45, 7) is 0. The number of hydrogen-bond donors (Lipinski definition) is 2. The molecule has 4 aromatic rings. The van der Waals surface area contributed by atoms with Crippen molar-refractivity contribution in [3.05, 3.63) is 75.3 Å². The summed E-state index contributed by atoms with van der Waals surface area (Å²) in [5.41, 5.74) is 4.23. The van der Waals surface area contributed by atoms with E-state index in [0.717, 1.165) is 11.1 Å². The van der Waals surface area contributed by atoms with Gasteiger partial charge in [-0.1, -0.05) is 12.1 Å². The summed E-state index contributed by atoms with van der Waals surface area (Å²) in [5.74, 6) is 0.225. The molecule has 0 saturated heterocycles. The smallest absolute Gasteiger partial charge is 0.250 e. The van der Waals surface area contributed by atoms with Crippen LogP contribution in [0.25, 0.3) is 16.7 Å². The van der Waals surface area contributed by atoms with E-state index in [9.17, 15) is 10.1 Å². The third-order valence-corrected chi connectivity index (χ3v) is 4.93. The predicted molar refractivity (Wildman–Crippen MR) is 100 cm³/mol. The molecule has 9 nitrogen and oxygen atoms in total. The SMILES string of the molecule is Cn1ccc(C2=C(C#N)C(c3cccc4nonc34)c3cn[nH]c3N2)cc1=O. The van der Waals surface area contributed by atoms with Crippen molar-refractivity contribution >= 4 is 22.5 Å². The van der Waals surface area contributed by atoms with Crippen LogP contribution >= 0.6 is 0 Å². The lowest BCUT2D eigenvalue weighted by atomic mass is 9.81. The van der Waals surface area contributed by atoms with E-state index in [1.54, 1.807) is 31.6 Å². The van der Waals surface area contributed by atoms with Gasteiger partial charge in [-0.15, -0.1) is 0 Å². The number of anilines is 1. The van der Waals surface area contributed by atoms with E-state index in [0.29, 0.717) is 33.7 Å². The summed E-state index contributed by atoms with van der Waals surface area (Å²) in [4.78, 5) is 12.1. The monoisotopic (exact) mass is 371 g/mol. The molecule has 4 heterocycles. The van der Waals surface area contributed by atoms with Crippen LogP contribution in [0.4, 0.5) is 5.82 Å². The Bertz CT molecular complexity index is 1350. The lowest BCUT2D eigenvalue weighted by Gasteiger charge is -2.26. The van der Waals surface area contributed by atoms with Gasteiger partial charge in [-0.05, 0) is 28.0 Å². The molecule has 0 spiro atoms. The quantitative estimate of drug-likeness (QED) is 0.553. The Morgan fingerprint density at radius 3 is 2.96 bits per heavy atom. The first-order chi connectivity index (χ1) is 13.7. The molecule has 0 saturated carbocycles. The van der Waals surface area contributed by atoms with Crippen LogP contribution in [0.2, 0.25) is 0 Å². The highest BCUT2D eigenvalue weighted by atomic mass is 16.6. The van der Waals surface area contributed by atoms with Gasteiger partial charge in [0.15, 0.2) is 0 Å². The molecular weight excluding hydrogens is 358 g/mol. The van der Waals surface area contributed by atoms with Crippen molar-refractivity contribution in [3.8, 4) is 6.07 Å². The Hall–Kier alpha value is -4.19. The third-order valence-electron chi connectivity index (χ3n) is 4.93. The number of pyridine rings is 1. The molecule has 0 bridgehead atoms. The molecule has 3 aromatic heterocycles. The van der Waals surface area contributed by atoms with E-state index >= 15 is 0 Å². The lowest BCUT2D eigenvalue weighted by molar-refractivity contribution is 0.315. The van der Waals surface area contributed by atoms with Crippen LogP contribution in [-0.4, -0.2) is 25.1 Å². The predicted octanol–water partition coefficient (Wildman–Crippen LogP) is 2.14. The van der Waals surface area contributed by atoms with Gasteiger partial charge < -0.3 is 9.88 Å². The molecular formula is C19H13N7O2. The Balaban J connectivity index is 1.80. The Morgan fingerprint density at radius 1 is 1.25 bits per heavy atom. The summed E-state index contributed by atoms with van der Waals surface area (Å²) in [5, 5.41) is 28.2. The number of aromatic amines is 1. The van der Waals surface area contributed by atoms with Crippen LogP contribution in [0.3, 0.4) is 0 Å². The van der Waals surface area contributed by atoms with Gasteiger partial charge in [-0.3, -0.25) is 9.89 Å². The molecule has 28 heavy (non-hydrogen) atoms. The standard InChI is InChI=1S/C19H13N7O2/c1-26-6-5-10(7-15(26)27)17-12(8-20)16(13-9-21-23-19(13)22-17)11-3-2-4-14-18(11)25-28-24-14/h2-7,9,16H,1H3,(H2,21,22,23). The van der Waals surface area contributed by atoms with Crippen molar-refractivity contribution in [2.75, 3.05) is 5.32 Å². The Morgan fingerprint density at radius 2 is 2.14 bits per heavy atom. The van der Waals surface area contributed by atoms with Crippen molar-refractivity contribution in [1.29, 1.82) is 5.26 Å². The highest BCUT2D eigenvalue weighted by Crippen LogP contribution is 2.44. The van der Waals surface area contributed by atoms with Gasteiger partial charge in [-0.25, -0.2) is 4.63 Å². The number of allylic oxidation sites excluding steroid dienone is 1. The largest absolute Gasteiger partial charge is 0.339 e. The van der Waals surface area contributed by atoms with Crippen LogP contribution < -0.4 is 10.9 Å². The number of H-pyrrole nitrogens is 1. The summed E-state index contributed by atoms with van der Waals surface area (Å²) in [6, 6.07) is 11.1.